The van der Waals surface area contributed by atoms with Gasteiger partial charge >= 0.3 is 23.9 Å². The molecule has 1 aliphatic rings. The third kappa shape index (κ3) is 8.98. The Hall–Kier alpha value is -5.05. The number of nitrogens with zero attached hydrogens (tertiary/aromatic N) is 3. The van der Waals surface area contributed by atoms with Crippen LogP contribution in [0.15, 0.2) is 73.2 Å². The highest BCUT2D eigenvalue weighted by Crippen LogP contribution is 2.26. The van der Waals surface area contributed by atoms with E-state index in [1.54, 1.807) is 24.5 Å². The van der Waals surface area contributed by atoms with E-state index in [1.165, 1.54) is 0 Å². The van der Waals surface area contributed by atoms with Gasteiger partial charge in [-0.25, -0.2) is 4.98 Å². The van der Waals surface area contributed by atoms with E-state index in [2.05, 4.69) is 37.0 Å². The van der Waals surface area contributed by atoms with Crippen molar-refractivity contribution < 1.29 is 40.7 Å². The number of nitrogens with one attached hydrogen (secondary N) is 3. The van der Waals surface area contributed by atoms with Gasteiger partial charge in [-0.2, -0.15) is 31.3 Å². The molecule has 4 aromatic rings. The second-order valence-electron chi connectivity index (χ2n) is 9.42. The molecule has 5 rings (SSSR count). The quantitative estimate of drug-likeness (QED) is 0.170. The molecule has 0 atom stereocenters. The molecule has 2 aromatic heterocycles. The summed E-state index contributed by atoms with van der Waals surface area (Å²) in [6, 6.07) is 17.3. The number of aromatic nitrogens is 3. The first kappa shape index (κ1) is 32.9. The molecule has 234 valence electrons. The van der Waals surface area contributed by atoms with E-state index in [0.29, 0.717) is 28.9 Å². The fraction of sp³-hybridized carbons (Fsp3) is 0.172. The van der Waals surface area contributed by atoms with Gasteiger partial charge in [0.15, 0.2) is 5.82 Å². The minimum absolute atomic E-state index is 0.134. The number of hydrogen-bond donors (Lipinski definition) is 3. The smallest absolute Gasteiger partial charge is 0.365 e. The predicted molar refractivity (Wildman–Crippen MR) is 152 cm³/mol. The maximum Gasteiger partial charge on any atom is 0.458 e. The van der Waals surface area contributed by atoms with E-state index in [1.807, 2.05) is 42.6 Å². The van der Waals surface area contributed by atoms with Crippen molar-refractivity contribution in [2.75, 3.05) is 16.0 Å². The van der Waals surface area contributed by atoms with Crippen LogP contribution in [0.5, 0.6) is 0 Å². The third-order valence-corrected chi connectivity index (χ3v) is 6.39. The van der Waals surface area contributed by atoms with Crippen molar-refractivity contribution in [3.8, 4) is 0 Å². The second kappa shape index (κ2) is 13.7. The molecule has 0 radical (unpaired) electrons. The Balaban J connectivity index is 0.000000328. The molecule has 2 aromatic carbocycles. The number of benzene rings is 2. The molecule has 0 fully saturated rings. The lowest BCUT2D eigenvalue weighted by molar-refractivity contribution is -0.193. The summed E-state index contributed by atoms with van der Waals surface area (Å²) >= 11 is 6.30. The van der Waals surface area contributed by atoms with Gasteiger partial charge in [-0.3, -0.25) is 19.4 Å². The molecule has 0 saturated carbocycles. The summed E-state index contributed by atoms with van der Waals surface area (Å²) < 4.78 is 67.0. The predicted octanol–water partition coefficient (Wildman–Crippen LogP) is 6.48. The van der Waals surface area contributed by atoms with Crippen molar-refractivity contribution in [1.29, 1.82) is 0 Å². The van der Waals surface area contributed by atoms with E-state index in [0.717, 1.165) is 40.9 Å². The summed E-state index contributed by atoms with van der Waals surface area (Å²) in [5.41, 5.74) is 5.37. The van der Waals surface area contributed by atoms with Crippen LogP contribution in [0.4, 0.5) is 49.5 Å². The van der Waals surface area contributed by atoms with Crippen LogP contribution in [0.25, 0.3) is 0 Å². The average molecular weight is 651 g/mol. The number of anilines is 4. The fourth-order valence-electron chi connectivity index (χ4n) is 3.97. The third-order valence-electron chi connectivity index (χ3n) is 6.11. The minimum Gasteiger partial charge on any atom is -0.365 e. The molecule has 9 nitrogen and oxygen atoms in total. The topological polar surface area (TPSA) is 126 Å². The molecular formula is C29H21ClF6N6O3. The summed E-state index contributed by atoms with van der Waals surface area (Å²) in [4.78, 5) is 45.1. The lowest BCUT2D eigenvalue weighted by Crippen LogP contribution is -2.39. The van der Waals surface area contributed by atoms with E-state index in [9.17, 15) is 40.7 Å². The molecule has 0 spiro atoms. The Kier molecular flexibility index (Phi) is 10.0. The molecular weight excluding hydrogens is 630 g/mol. The van der Waals surface area contributed by atoms with Crippen molar-refractivity contribution in [1.82, 2.24) is 15.0 Å². The van der Waals surface area contributed by atoms with Crippen LogP contribution in [-0.4, -0.2) is 44.8 Å². The number of amides is 1. The molecule has 1 aliphatic heterocycles. The molecule has 0 saturated heterocycles. The zero-order valence-corrected chi connectivity index (χ0v) is 23.5. The zero-order chi connectivity index (χ0) is 32.8. The number of carbonyl (C=O) groups is 3. The largest absolute Gasteiger partial charge is 0.458 e. The SMILES string of the molecule is O=C(C(=O)C(F)(F)F)C(F)(F)F.O=C(Nc1ccc2cc1CCc1cncc(c1)Nc1ncc(Cl)c(n1)NC2)c1ccccc1. The van der Waals surface area contributed by atoms with Gasteiger partial charge in [0.05, 0.1) is 18.1 Å². The number of rotatable bonds is 3. The van der Waals surface area contributed by atoms with Crippen LogP contribution in [0.1, 0.15) is 27.0 Å². The number of alkyl halides is 6. The number of hydrogen-bond acceptors (Lipinski definition) is 8. The van der Waals surface area contributed by atoms with E-state index >= 15 is 0 Å². The summed E-state index contributed by atoms with van der Waals surface area (Å²) in [5, 5.41) is 9.97. The van der Waals surface area contributed by atoms with Crippen molar-refractivity contribution in [2.45, 2.75) is 31.7 Å². The van der Waals surface area contributed by atoms with E-state index in [-0.39, 0.29) is 5.91 Å². The van der Waals surface area contributed by atoms with Gasteiger partial charge < -0.3 is 16.0 Å². The van der Waals surface area contributed by atoms with Crippen molar-refractivity contribution in [3.05, 3.63) is 100 Å². The van der Waals surface area contributed by atoms with Gasteiger partial charge in [0.1, 0.15) is 5.02 Å². The summed E-state index contributed by atoms with van der Waals surface area (Å²) in [6.07, 6.45) is -4.90. The fourth-order valence-corrected chi connectivity index (χ4v) is 4.12. The minimum atomic E-state index is -5.77. The highest BCUT2D eigenvalue weighted by Gasteiger charge is 2.54. The first-order valence-corrected chi connectivity index (χ1v) is 13.3. The van der Waals surface area contributed by atoms with E-state index < -0.39 is 23.9 Å². The number of pyridine rings is 1. The summed E-state index contributed by atoms with van der Waals surface area (Å²) in [7, 11) is 0. The highest BCUT2D eigenvalue weighted by molar-refractivity contribution is 6.41. The average Bonchev–Trinajstić information content (AvgIpc) is 3.00. The maximum absolute atomic E-state index is 12.8. The summed E-state index contributed by atoms with van der Waals surface area (Å²) in [5.74, 6) is -5.97. The molecule has 45 heavy (non-hydrogen) atoms. The van der Waals surface area contributed by atoms with Crippen molar-refractivity contribution in [2.24, 2.45) is 0 Å². The molecule has 6 bridgehead atoms. The van der Waals surface area contributed by atoms with Gasteiger partial charge in [-0.1, -0.05) is 41.9 Å². The number of ketones is 2. The van der Waals surface area contributed by atoms with Gasteiger partial charge in [0.2, 0.25) is 5.95 Å². The standard InChI is InChI=1S/C25H21ClN6O.C4F6O2/c26-21-15-29-25-30-20-11-17(12-27-14-20)6-8-19-10-16(13-28-23(21)32-25)7-9-22(19)31-24(33)18-4-2-1-3-5-18;5-3(6,7)1(11)2(12)4(8,9)10/h1-5,7,9-12,14-15H,6,8,13H2,(H,31,33)(H2,28,29,30,32);. The molecule has 1 amide bonds. The van der Waals surface area contributed by atoms with Gasteiger partial charge in [0, 0.05) is 24.0 Å². The van der Waals surface area contributed by atoms with Crippen molar-refractivity contribution >= 4 is 52.2 Å². The molecule has 0 unspecified atom stereocenters. The van der Waals surface area contributed by atoms with Crippen LogP contribution < -0.4 is 16.0 Å². The van der Waals surface area contributed by atoms with Crippen LogP contribution in [0.2, 0.25) is 5.02 Å². The number of halogens is 7. The van der Waals surface area contributed by atoms with Gasteiger partial charge in [0.25, 0.3) is 5.91 Å². The first-order valence-electron chi connectivity index (χ1n) is 12.9. The molecule has 16 heteroatoms. The second-order valence-corrected chi connectivity index (χ2v) is 9.82. The first-order chi connectivity index (χ1) is 21.2. The highest BCUT2D eigenvalue weighted by atomic mass is 35.5. The number of fused-ring (bicyclic) bond motifs is 6. The molecule has 3 N–H and O–H groups in total. The van der Waals surface area contributed by atoms with E-state index in [4.69, 9.17) is 11.6 Å². The normalized spacial score (nSPS) is 12.7. The Morgan fingerprint density at radius 3 is 2.18 bits per heavy atom. The van der Waals surface area contributed by atoms with Crippen LogP contribution in [0, 0.1) is 0 Å². The molecule has 0 aliphatic carbocycles. The number of aryl methyl sites for hydroxylation is 2. The van der Waals surface area contributed by atoms with Crippen LogP contribution in [-0.2, 0) is 29.0 Å². The monoisotopic (exact) mass is 650 g/mol. The maximum atomic E-state index is 12.8. The van der Waals surface area contributed by atoms with Gasteiger partial charge in [-0.15, -0.1) is 0 Å². The van der Waals surface area contributed by atoms with Crippen molar-refractivity contribution in [3.63, 3.8) is 0 Å². The Labute approximate surface area is 256 Å². The zero-order valence-electron chi connectivity index (χ0n) is 22.8. The van der Waals surface area contributed by atoms with Crippen LogP contribution >= 0.6 is 11.6 Å². The Bertz CT molecular complexity index is 1690. The Morgan fingerprint density at radius 1 is 0.822 bits per heavy atom. The number of Topliss-reactive ketones (excluding diaryl/α,β-unsaturated/α-hetero) is 2. The number of carbonyl (C=O) groups excluding carboxylic acids is 3. The van der Waals surface area contributed by atoms with Crippen LogP contribution in [0.3, 0.4) is 0 Å². The summed E-state index contributed by atoms with van der Waals surface area (Å²) in [6.45, 7) is 0.531. The lowest BCUT2D eigenvalue weighted by Gasteiger charge is -2.16. The Morgan fingerprint density at radius 2 is 1.51 bits per heavy atom. The lowest BCUT2D eigenvalue weighted by atomic mass is 10.0. The van der Waals surface area contributed by atoms with Gasteiger partial charge in [-0.05, 0) is 53.8 Å². The molecule has 3 heterocycles.